The van der Waals surface area contributed by atoms with Gasteiger partial charge >= 0.3 is 11.9 Å². The van der Waals surface area contributed by atoms with E-state index in [-0.39, 0.29) is 18.4 Å². The smallest absolute Gasteiger partial charge is 0.337 e. The summed E-state index contributed by atoms with van der Waals surface area (Å²) in [4.78, 5) is 23.8. The van der Waals surface area contributed by atoms with Gasteiger partial charge in [-0.1, -0.05) is 27.7 Å². The first-order chi connectivity index (χ1) is 9.61. The van der Waals surface area contributed by atoms with Crippen LogP contribution in [0.2, 0.25) is 0 Å². The van der Waals surface area contributed by atoms with E-state index < -0.39 is 29.6 Å². The van der Waals surface area contributed by atoms with Crippen LogP contribution in [0.1, 0.15) is 41.5 Å². The van der Waals surface area contributed by atoms with Crippen molar-refractivity contribution >= 4 is 11.9 Å². The molecule has 0 saturated heterocycles. The standard InChI is InChI=1S/C15H25NO5/c1-7-20-13(18)12(17)15(6,8-16)14(19)21-11(9(2)3)10(4)5/h9-12,17H,7H2,1-6H3/t12-,15-/m0/s1. The van der Waals surface area contributed by atoms with Gasteiger partial charge in [0.1, 0.15) is 6.10 Å². The molecule has 6 heteroatoms. The maximum Gasteiger partial charge on any atom is 0.337 e. The van der Waals surface area contributed by atoms with Crippen LogP contribution in [0.15, 0.2) is 0 Å². The number of nitrogens with zero attached hydrogens (tertiary/aromatic N) is 1. The normalized spacial score (nSPS) is 15.5. The van der Waals surface area contributed by atoms with Gasteiger partial charge in [0, 0.05) is 0 Å². The third-order valence-electron chi connectivity index (χ3n) is 3.27. The van der Waals surface area contributed by atoms with Crippen molar-refractivity contribution in [3.05, 3.63) is 0 Å². The molecule has 0 heterocycles. The third-order valence-corrected chi connectivity index (χ3v) is 3.27. The van der Waals surface area contributed by atoms with Crippen molar-refractivity contribution in [3.8, 4) is 6.07 Å². The maximum atomic E-state index is 12.3. The fourth-order valence-electron chi connectivity index (χ4n) is 1.96. The van der Waals surface area contributed by atoms with Crippen molar-refractivity contribution < 1.29 is 24.2 Å². The van der Waals surface area contributed by atoms with Crippen molar-refractivity contribution in [1.82, 2.24) is 0 Å². The molecule has 120 valence electrons. The predicted octanol–water partition coefficient (Wildman–Crippen LogP) is 1.66. The van der Waals surface area contributed by atoms with E-state index >= 15 is 0 Å². The lowest BCUT2D eigenvalue weighted by atomic mass is 9.85. The molecule has 0 radical (unpaired) electrons. The van der Waals surface area contributed by atoms with Gasteiger partial charge in [-0.3, -0.25) is 4.79 Å². The van der Waals surface area contributed by atoms with Crippen LogP contribution >= 0.6 is 0 Å². The molecule has 1 N–H and O–H groups in total. The van der Waals surface area contributed by atoms with Crippen LogP contribution in [0.4, 0.5) is 0 Å². The van der Waals surface area contributed by atoms with Crippen LogP contribution in [0, 0.1) is 28.6 Å². The van der Waals surface area contributed by atoms with E-state index in [0.29, 0.717) is 0 Å². The second-order valence-corrected chi connectivity index (χ2v) is 5.83. The van der Waals surface area contributed by atoms with Crippen LogP contribution in [0.25, 0.3) is 0 Å². The largest absolute Gasteiger partial charge is 0.464 e. The number of hydrogen-bond donors (Lipinski definition) is 1. The molecule has 0 amide bonds. The summed E-state index contributed by atoms with van der Waals surface area (Å²) in [6.07, 6.45) is -2.28. The lowest BCUT2D eigenvalue weighted by molar-refractivity contribution is -0.177. The Kier molecular flexibility index (Phi) is 7.37. The quantitative estimate of drug-likeness (QED) is 0.718. The molecule has 0 aromatic carbocycles. The van der Waals surface area contributed by atoms with Crippen LogP contribution in [0.3, 0.4) is 0 Å². The number of carbonyl (C=O) groups is 2. The van der Waals surface area contributed by atoms with Crippen molar-refractivity contribution in [2.45, 2.75) is 53.8 Å². The average molecular weight is 299 g/mol. The van der Waals surface area contributed by atoms with E-state index in [1.165, 1.54) is 6.92 Å². The number of aliphatic hydroxyl groups is 1. The summed E-state index contributed by atoms with van der Waals surface area (Å²) in [5.41, 5.74) is -1.99. The van der Waals surface area contributed by atoms with Crippen molar-refractivity contribution in [1.29, 1.82) is 5.26 Å². The topological polar surface area (TPSA) is 96.6 Å². The summed E-state index contributed by atoms with van der Waals surface area (Å²) in [7, 11) is 0. The first-order valence-corrected chi connectivity index (χ1v) is 7.08. The molecule has 0 aromatic heterocycles. The Labute approximate surface area is 126 Å². The van der Waals surface area contributed by atoms with Crippen LogP contribution in [0.5, 0.6) is 0 Å². The van der Waals surface area contributed by atoms with Gasteiger partial charge in [0.05, 0.1) is 12.7 Å². The monoisotopic (exact) mass is 299 g/mol. The minimum absolute atomic E-state index is 0.0487. The van der Waals surface area contributed by atoms with Gasteiger partial charge in [0.2, 0.25) is 0 Å². The van der Waals surface area contributed by atoms with Gasteiger partial charge in [-0.25, -0.2) is 4.79 Å². The fourth-order valence-corrected chi connectivity index (χ4v) is 1.96. The Hall–Kier alpha value is -1.61. The molecule has 0 aliphatic carbocycles. The van der Waals surface area contributed by atoms with E-state index in [9.17, 15) is 20.0 Å². The lowest BCUT2D eigenvalue weighted by Crippen LogP contribution is -2.47. The zero-order chi connectivity index (χ0) is 16.8. The molecule has 0 bridgehead atoms. The number of carbonyl (C=O) groups excluding carboxylic acids is 2. The Balaban J connectivity index is 5.21. The molecule has 0 spiro atoms. The van der Waals surface area contributed by atoms with E-state index in [1.54, 1.807) is 13.0 Å². The highest BCUT2D eigenvalue weighted by Crippen LogP contribution is 2.27. The molecular formula is C15H25NO5. The van der Waals surface area contributed by atoms with E-state index in [1.807, 2.05) is 27.7 Å². The number of esters is 2. The van der Waals surface area contributed by atoms with E-state index in [0.717, 1.165) is 0 Å². The van der Waals surface area contributed by atoms with Crippen LogP contribution in [-0.2, 0) is 19.1 Å². The molecule has 0 unspecified atom stereocenters. The van der Waals surface area contributed by atoms with Crippen molar-refractivity contribution in [2.75, 3.05) is 6.61 Å². The third kappa shape index (κ3) is 4.71. The Bertz CT molecular complexity index is 405. The Morgan fingerprint density at radius 3 is 2.05 bits per heavy atom. The first kappa shape index (κ1) is 19.4. The SMILES string of the molecule is CCOC(=O)[C@H](O)[C@](C)(C#N)C(=O)OC(C(C)C)C(C)C. The Morgan fingerprint density at radius 1 is 1.24 bits per heavy atom. The molecule has 0 aliphatic rings. The van der Waals surface area contributed by atoms with Crippen LogP contribution < -0.4 is 0 Å². The zero-order valence-corrected chi connectivity index (χ0v) is 13.5. The van der Waals surface area contributed by atoms with Crippen LogP contribution in [-0.4, -0.2) is 35.9 Å². The minimum Gasteiger partial charge on any atom is -0.464 e. The van der Waals surface area contributed by atoms with E-state index in [2.05, 4.69) is 4.74 Å². The van der Waals surface area contributed by atoms with Gasteiger partial charge in [-0.2, -0.15) is 5.26 Å². The zero-order valence-electron chi connectivity index (χ0n) is 13.5. The summed E-state index contributed by atoms with van der Waals surface area (Å²) in [6, 6.07) is 1.68. The molecule has 0 fully saturated rings. The number of rotatable bonds is 7. The molecule has 0 aliphatic heterocycles. The van der Waals surface area contributed by atoms with Gasteiger partial charge < -0.3 is 14.6 Å². The maximum absolute atomic E-state index is 12.3. The molecule has 2 atom stereocenters. The highest BCUT2D eigenvalue weighted by molar-refractivity contribution is 5.89. The average Bonchev–Trinajstić information content (AvgIpc) is 2.41. The van der Waals surface area contributed by atoms with Crippen molar-refractivity contribution in [2.24, 2.45) is 17.3 Å². The Morgan fingerprint density at radius 2 is 1.71 bits per heavy atom. The summed E-state index contributed by atoms with van der Waals surface area (Å²) in [5, 5.41) is 19.1. The van der Waals surface area contributed by atoms with Gasteiger partial charge in [0.25, 0.3) is 0 Å². The van der Waals surface area contributed by atoms with Gasteiger partial charge in [-0.05, 0) is 25.7 Å². The first-order valence-electron chi connectivity index (χ1n) is 7.08. The summed E-state index contributed by atoms with van der Waals surface area (Å²) in [6.45, 7) is 10.4. The molecule has 0 aromatic rings. The highest BCUT2D eigenvalue weighted by atomic mass is 16.6. The van der Waals surface area contributed by atoms with Gasteiger partial charge in [0.15, 0.2) is 11.5 Å². The second kappa shape index (κ2) is 7.99. The molecule has 0 rings (SSSR count). The lowest BCUT2D eigenvalue weighted by Gasteiger charge is -2.30. The summed E-state index contributed by atoms with van der Waals surface area (Å²) in [5.74, 6) is -1.82. The minimum atomic E-state index is -1.99. The molecule has 6 nitrogen and oxygen atoms in total. The number of ether oxygens (including phenoxy) is 2. The predicted molar refractivity (Wildman–Crippen MR) is 75.9 cm³/mol. The molecule has 0 saturated carbocycles. The second-order valence-electron chi connectivity index (χ2n) is 5.83. The summed E-state index contributed by atoms with van der Waals surface area (Å²) >= 11 is 0. The van der Waals surface area contributed by atoms with Crippen molar-refractivity contribution in [3.63, 3.8) is 0 Å². The molecule has 21 heavy (non-hydrogen) atoms. The van der Waals surface area contributed by atoms with Gasteiger partial charge in [-0.15, -0.1) is 0 Å². The summed E-state index contributed by atoms with van der Waals surface area (Å²) < 4.78 is 10.0. The van der Waals surface area contributed by atoms with E-state index in [4.69, 9.17) is 4.74 Å². The fraction of sp³-hybridized carbons (Fsp3) is 0.800. The number of hydrogen-bond acceptors (Lipinski definition) is 6. The number of aliphatic hydroxyl groups excluding tert-OH is 1. The number of nitriles is 1. The molecular weight excluding hydrogens is 274 g/mol. The highest BCUT2D eigenvalue weighted by Gasteiger charge is 2.48.